The fourth-order valence-corrected chi connectivity index (χ4v) is 2.56. The highest BCUT2D eigenvalue weighted by molar-refractivity contribution is 7.91. The number of hydrogen-bond donors (Lipinski definition) is 1. The van der Waals surface area contributed by atoms with Crippen LogP contribution in [0.1, 0.15) is 10.4 Å². The summed E-state index contributed by atoms with van der Waals surface area (Å²) < 4.78 is 87.3. The first kappa shape index (κ1) is 19.6. The minimum atomic E-state index is -4.84. The SMILES string of the molecule is O=C(Nc1ccc(OC(F)(F)F)cc1)c1ccc(S(=O)(=O)C(F)F)cc1. The molecular weight excluding hydrogens is 385 g/mol. The van der Waals surface area contributed by atoms with E-state index < -0.39 is 38.5 Å². The van der Waals surface area contributed by atoms with Gasteiger partial charge in [0.25, 0.3) is 5.91 Å². The van der Waals surface area contributed by atoms with Crippen molar-refractivity contribution in [1.29, 1.82) is 0 Å². The smallest absolute Gasteiger partial charge is 0.406 e. The van der Waals surface area contributed by atoms with Crippen LogP contribution in [0.15, 0.2) is 53.4 Å². The number of benzene rings is 2. The molecule has 26 heavy (non-hydrogen) atoms. The number of rotatable bonds is 5. The van der Waals surface area contributed by atoms with Gasteiger partial charge in [0, 0.05) is 11.3 Å². The Kier molecular flexibility index (Phi) is 5.50. The van der Waals surface area contributed by atoms with Gasteiger partial charge in [0.2, 0.25) is 9.84 Å². The van der Waals surface area contributed by atoms with Gasteiger partial charge in [-0.2, -0.15) is 8.78 Å². The highest BCUT2D eigenvalue weighted by Crippen LogP contribution is 2.24. The zero-order chi connectivity index (χ0) is 19.5. The lowest BCUT2D eigenvalue weighted by Crippen LogP contribution is -2.17. The van der Waals surface area contributed by atoms with Gasteiger partial charge in [-0.25, -0.2) is 8.42 Å². The minimum Gasteiger partial charge on any atom is -0.406 e. The van der Waals surface area contributed by atoms with Crippen molar-refractivity contribution in [1.82, 2.24) is 0 Å². The molecule has 2 rings (SSSR count). The molecule has 1 N–H and O–H groups in total. The van der Waals surface area contributed by atoms with Crippen molar-refractivity contribution in [2.45, 2.75) is 17.0 Å². The van der Waals surface area contributed by atoms with E-state index in [9.17, 15) is 35.2 Å². The highest BCUT2D eigenvalue weighted by Gasteiger charge is 2.31. The van der Waals surface area contributed by atoms with E-state index in [0.717, 1.165) is 48.5 Å². The second-order valence-corrected chi connectivity index (χ2v) is 6.77. The van der Waals surface area contributed by atoms with Crippen molar-refractivity contribution in [3.05, 3.63) is 54.1 Å². The first-order chi connectivity index (χ1) is 12.0. The standard InChI is InChI=1S/C15H10F5NO4S/c16-14(17)26(23,24)12-7-1-9(2-8-12)13(22)21-10-3-5-11(6-4-10)25-15(18,19)20/h1-8,14H,(H,21,22). The van der Waals surface area contributed by atoms with Crippen LogP contribution < -0.4 is 10.1 Å². The molecule has 0 heterocycles. The zero-order valence-electron chi connectivity index (χ0n) is 12.6. The summed E-state index contributed by atoms with van der Waals surface area (Å²) in [5, 5.41) is 2.36. The van der Waals surface area contributed by atoms with E-state index in [1.165, 1.54) is 0 Å². The molecule has 0 aliphatic carbocycles. The van der Waals surface area contributed by atoms with Gasteiger partial charge in [-0.15, -0.1) is 13.2 Å². The predicted octanol–water partition coefficient (Wildman–Crippen LogP) is 3.83. The summed E-state index contributed by atoms with van der Waals surface area (Å²) in [5.74, 6) is -4.77. The van der Waals surface area contributed by atoms with Crippen LogP contribution in [-0.4, -0.2) is 26.4 Å². The number of carbonyl (C=O) groups is 1. The van der Waals surface area contributed by atoms with Gasteiger partial charge < -0.3 is 10.1 Å². The summed E-state index contributed by atoms with van der Waals surface area (Å²) in [7, 11) is -4.77. The van der Waals surface area contributed by atoms with Gasteiger partial charge in [-0.3, -0.25) is 4.79 Å². The first-order valence-electron chi connectivity index (χ1n) is 6.78. The molecule has 140 valence electrons. The average molecular weight is 395 g/mol. The minimum absolute atomic E-state index is 0.0335. The quantitative estimate of drug-likeness (QED) is 0.781. The maximum atomic E-state index is 12.4. The fourth-order valence-electron chi connectivity index (χ4n) is 1.84. The Bertz CT molecular complexity index is 878. The third-order valence-electron chi connectivity index (χ3n) is 3.03. The third kappa shape index (κ3) is 4.91. The van der Waals surface area contributed by atoms with Crippen molar-refractivity contribution in [2.75, 3.05) is 5.32 Å². The molecule has 2 aromatic rings. The summed E-state index contributed by atoms with van der Waals surface area (Å²) in [4.78, 5) is 11.4. The second-order valence-electron chi connectivity index (χ2n) is 4.86. The molecule has 0 saturated carbocycles. The number of alkyl halides is 5. The van der Waals surface area contributed by atoms with E-state index in [-0.39, 0.29) is 11.3 Å². The van der Waals surface area contributed by atoms with Gasteiger partial charge in [-0.05, 0) is 48.5 Å². The van der Waals surface area contributed by atoms with Crippen LogP contribution in [0.2, 0.25) is 0 Å². The largest absolute Gasteiger partial charge is 0.573 e. The molecule has 0 aliphatic heterocycles. The van der Waals surface area contributed by atoms with E-state index >= 15 is 0 Å². The molecule has 0 atom stereocenters. The first-order valence-corrected chi connectivity index (χ1v) is 8.33. The Hall–Kier alpha value is -2.69. The van der Waals surface area contributed by atoms with Gasteiger partial charge in [0.1, 0.15) is 5.75 Å². The normalized spacial score (nSPS) is 12.1. The lowest BCUT2D eigenvalue weighted by atomic mass is 10.2. The van der Waals surface area contributed by atoms with Crippen LogP contribution in [0.5, 0.6) is 5.75 Å². The summed E-state index contributed by atoms with van der Waals surface area (Å²) in [6, 6.07) is 8.08. The van der Waals surface area contributed by atoms with Crippen molar-refractivity contribution in [3.8, 4) is 5.75 Å². The molecule has 0 fully saturated rings. The predicted molar refractivity (Wildman–Crippen MR) is 80.7 cm³/mol. The maximum Gasteiger partial charge on any atom is 0.573 e. The number of halogens is 5. The maximum absolute atomic E-state index is 12.4. The van der Waals surface area contributed by atoms with Crippen LogP contribution in [0.4, 0.5) is 27.6 Å². The number of amides is 1. The Morgan fingerprint density at radius 3 is 1.96 bits per heavy atom. The topological polar surface area (TPSA) is 72.5 Å². The lowest BCUT2D eigenvalue weighted by molar-refractivity contribution is -0.274. The third-order valence-corrected chi connectivity index (χ3v) is 4.42. The molecule has 0 aliphatic rings. The van der Waals surface area contributed by atoms with Crippen molar-refractivity contribution < 1.29 is 39.9 Å². The van der Waals surface area contributed by atoms with E-state index in [1.807, 2.05) is 0 Å². The number of carbonyl (C=O) groups excluding carboxylic acids is 1. The number of sulfone groups is 1. The number of nitrogens with one attached hydrogen (secondary N) is 1. The molecule has 0 aromatic heterocycles. The lowest BCUT2D eigenvalue weighted by Gasteiger charge is -2.10. The van der Waals surface area contributed by atoms with Crippen LogP contribution in [0, 0.1) is 0 Å². The molecule has 0 unspecified atom stereocenters. The Morgan fingerprint density at radius 1 is 0.962 bits per heavy atom. The number of hydrogen-bond acceptors (Lipinski definition) is 4. The molecule has 0 radical (unpaired) electrons. The van der Waals surface area contributed by atoms with Gasteiger partial charge in [-0.1, -0.05) is 0 Å². The Morgan fingerprint density at radius 2 is 1.50 bits per heavy atom. The van der Waals surface area contributed by atoms with Crippen LogP contribution in [0.25, 0.3) is 0 Å². The van der Waals surface area contributed by atoms with E-state index in [2.05, 4.69) is 10.1 Å². The van der Waals surface area contributed by atoms with Crippen LogP contribution in [-0.2, 0) is 9.84 Å². The van der Waals surface area contributed by atoms with Gasteiger partial charge in [0.05, 0.1) is 4.90 Å². The molecular formula is C15H10F5NO4S. The molecule has 2 aromatic carbocycles. The Balaban J connectivity index is 2.08. The van der Waals surface area contributed by atoms with Crippen molar-refractivity contribution >= 4 is 21.4 Å². The summed E-state index contributed by atoms with van der Waals surface area (Å²) in [5.41, 5.74) is 0.114. The summed E-state index contributed by atoms with van der Waals surface area (Å²) in [6.07, 6.45) is -4.84. The van der Waals surface area contributed by atoms with Crippen LogP contribution in [0.3, 0.4) is 0 Å². The average Bonchev–Trinajstić information content (AvgIpc) is 2.55. The van der Waals surface area contributed by atoms with Crippen LogP contribution >= 0.6 is 0 Å². The van der Waals surface area contributed by atoms with Gasteiger partial charge >= 0.3 is 12.1 Å². The highest BCUT2D eigenvalue weighted by atomic mass is 32.2. The van der Waals surface area contributed by atoms with Crippen molar-refractivity contribution in [3.63, 3.8) is 0 Å². The molecule has 0 spiro atoms. The van der Waals surface area contributed by atoms with Gasteiger partial charge in [0.15, 0.2) is 0 Å². The summed E-state index contributed by atoms with van der Waals surface area (Å²) >= 11 is 0. The zero-order valence-corrected chi connectivity index (χ0v) is 13.4. The van der Waals surface area contributed by atoms with E-state index in [4.69, 9.17) is 0 Å². The van der Waals surface area contributed by atoms with Crippen molar-refractivity contribution in [2.24, 2.45) is 0 Å². The number of anilines is 1. The Labute approximate surface area is 144 Å². The fraction of sp³-hybridized carbons (Fsp3) is 0.133. The monoisotopic (exact) mass is 395 g/mol. The molecule has 0 bridgehead atoms. The molecule has 11 heteroatoms. The number of ether oxygens (including phenoxy) is 1. The second kappa shape index (κ2) is 7.28. The molecule has 0 saturated heterocycles. The van der Waals surface area contributed by atoms with E-state index in [0.29, 0.717) is 0 Å². The molecule has 5 nitrogen and oxygen atoms in total. The molecule has 1 amide bonds. The summed E-state index contributed by atoms with van der Waals surface area (Å²) in [6.45, 7) is 0. The van der Waals surface area contributed by atoms with E-state index in [1.54, 1.807) is 0 Å².